The van der Waals surface area contributed by atoms with Crippen LogP contribution in [0.2, 0.25) is 0 Å². The molecule has 0 saturated carbocycles. The van der Waals surface area contributed by atoms with Crippen molar-refractivity contribution in [3.63, 3.8) is 0 Å². The van der Waals surface area contributed by atoms with E-state index in [0.29, 0.717) is 0 Å². The van der Waals surface area contributed by atoms with Crippen LogP contribution >= 0.6 is 0 Å². The molecule has 0 spiro atoms. The van der Waals surface area contributed by atoms with Crippen LogP contribution in [0, 0.1) is 11.3 Å². The number of rotatable bonds is 3. The summed E-state index contributed by atoms with van der Waals surface area (Å²) in [5.74, 6) is 0. The fraction of sp³-hybridized carbons (Fsp3) is 0. The summed E-state index contributed by atoms with van der Waals surface area (Å²) >= 11 is 0. The Kier molecular flexibility index (Phi) is 4.72. The molecule has 0 aliphatic carbocycles. The molecular weight excluding hydrogens is 122 g/mol. The van der Waals surface area contributed by atoms with E-state index in [-0.39, 0.29) is 0 Å². The van der Waals surface area contributed by atoms with Crippen molar-refractivity contribution >= 4 is 0 Å². The van der Waals surface area contributed by atoms with Gasteiger partial charge in [-0.15, -0.1) is 0 Å². The molecule has 10 heavy (non-hydrogen) atoms. The van der Waals surface area contributed by atoms with Gasteiger partial charge in [0.1, 0.15) is 0 Å². The normalized spacial score (nSPS) is 9.90. The first-order valence-electron chi connectivity index (χ1n) is 2.85. The van der Waals surface area contributed by atoms with E-state index in [1.54, 1.807) is 24.3 Å². The van der Waals surface area contributed by atoms with E-state index < -0.39 is 0 Å². The Morgan fingerprint density at radius 2 is 2.10 bits per heavy atom. The predicted octanol–water partition coefficient (Wildman–Crippen LogP) is 2.36. The summed E-state index contributed by atoms with van der Waals surface area (Å²) in [5, 5.41) is 8.08. The summed E-state index contributed by atoms with van der Waals surface area (Å²) in [6, 6.07) is 1.87. The van der Waals surface area contributed by atoms with Gasteiger partial charge in [-0.3, -0.25) is 0 Å². The lowest BCUT2D eigenvalue weighted by molar-refractivity contribution is 1.53. The molecule has 0 bridgehead atoms. The van der Waals surface area contributed by atoms with Crippen molar-refractivity contribution in [2.24, 2.45) is 0 Å². The van der Waals surface area contributed by atoms with Crippen molar-refractivity contribution in [1.82, 2.24) is 0 Å². The molecule has 1 heteroatoms. The van der Waals surface area contributed by atoms with Gasteiger partial charge in [0.25, 0.3) is 0 Å². The maximum atomic E-state index is 8.08. The van der Waals surface area contributed by atoms with E-state index in [1.807, 2.05) is 6.07 Å². The lowest BCUT2D eigenvalue weighted by atomic mass is 10.3. The lowest BCUT2D eigenvalue weighted by Crippen LogP contribution is -1.60. The van der Waals surface area contributed by atoms with Crippen LogP contribution in [-0.2, 0) is 0 Å². The fourth-order valence-corrected chi connectivity index (χ4v) is 0.346. The molecular formula is C9H9N. The first-order valence-corrected chi connectivity index (χ1v) is 2.85. The summed E-state index contributed by atoms with van der Waals surface area (Å²) in [6.45, 7) is 7.17. The molecule has 0 saturated heterocycles. The first kappa shape index (κ1) is 8.45. The zero-order valence-corrected chi connectivity index (χ0v) is 5.75. The van der Waals surface area contributed by atoms with E-state index in [2.05, 4.69) is 13.2 Å². The maximum Gasteiger partial charge on any atom is 0.0912 e. The average molecular weight is 131 g/mol. The minimum atomic E-state index is 0.836. The predicted molar refractivity (Wildman–Crippen MR) is 43.2 cm³/mol. The molecule has 0 aromatic heterocycles. The molecule has 0 N–H and O–H groups in total. The molecule has 0 aromatic rings. The van der Waals surface area contributed by atoms with E-state index in [1.165, 1.54) is 6.08 Å². The zero-order chi connectivity index (χ0) is 7.82. The number of hydrogen-bond acceptors (Lipinski definition) is 1. The second kappa shape index (κ2) is 5.58. The SMILES string of the molecule is C=CC(=C)C=CC=CC#N. The highest BCUT2D eigenvalue weighted by Gasteiger charge is 1.71. The fourth-order valence-electron chi connectivity index (χ4n) is 0.346. The van der Waals surface area contributed by atoms with Gasteiger partial charge in [-0.2, -0.15) is 5.26 Å². The minimum Gasteiger partial charge on any atom is -0.193 e. The Balaban J connectivity index is 3.79. The Morgan fingerprint density at radius 3 is 2.60 bits per heavy atom. The van der Waals surface area contributed by atoms with Crippen LogP contribution in [0.25, 0.3) is 0 Å². The molecule has 50 valence electrons. The monoisotopic (exact) mass is 131 g/mol. The number of allylic oxidation sites excluding steroid dienone is 6. The Labute approximate surface area is 61.3 Å². The van der Waals surface area contributed by atoms with E-state index in [4.69, 9.17) is 5.26 Å². The summed E-state index contributed by atoms with van der Waals surface area (Å²) in [5.41, 5.74) is 0.836. The van der Waals surface area contributed by atoms with E-state index in [0.717, 1.165) is 5.57 Å². The molecule has 0 aromatic carbocycles. The maximum absolute atomic E-state index is 8.08. The van der Waals surface area contributed by atoms with Gasteiger partial charge in [-0.25, -0.2) is 0 Å². The Morgan fingerprint density at radius 1 is 1.40 bits per heavy atom. The highest BCUT2D eigenvalue weighted by molar-refractivity contribution is 5.28. The van der Waals surface area contributed by atoms with Gasteiger partial charge in [0, 0.05) is 6.08 Å². The third kappa shape index (κ3) is 4.61. The average Bonchev–Trinajstić information content (AvgIpc) is 1.98. The van der Waals surface area contributed by atoms with Crippen molar-refractivity contribution in [1.29, 1.82) is 5.26 Å². The number of hydrogen-bond donors (Lipinski definition) is 0. The van der Waals surface area contributed by atoms with Crippen LogP contribution in [0.1, 0.15) is 0 Å². The van der Waals surface area contributed by atoms with Gasteiger partial charge in [0.05, 0.1) is 6.07 Å². The van der Waals surface area contributed by atoms with Crippen LogP contribution < -0.4 is 0 Å². The smallest absolute Gasteiger partial charge is 0.0912 e. The summed E-state index contributed by atoms with van der Waals surface area (Å²) in [4.78, 5) is 0. The highest BCUT2D eigenvalue weighted by Crippen LogP contribution is 1.92. The molecule has 0 radical (unpaired) electrons. The molecule has 0 heterocycles. The van der Waals surface area contributed by atoms with Gasteiger partial charge >= 0.3 is 0 Å². The van der Waals surface area contributed by atoms with Crippen molar-refractivity contribution in [2.45, 2.75) is 0 Å². The quantitative estimate of drug-likeness (QED) is 0.426. The summed E-state index contributed by atoms with van der Waals surface area (Å²) in [6.07, 6.45) is 8.21. The molecule has 0 aliphatic heterocycles. The largest absolute Gasteiger partial charge is 0.193 e. The van der Waals surface area contributed by atoms with E-state index >= 15 is 0 Å². The molecule has 0 fully saturated rings. The second-order valence-electron chi connectivity index (χ2n) is 1.63. The van der Waals surface area contributed by atoms with Crippen LogP contribution in [0.15, 0.2) is 49.1 Å². The summed E-state index contributed by atoms with van der Waals surface area (Å²) in [7, 11) is 0. The van der Waals surface area contributed by atoms with Crippen LogP contribution in [0.5, 0.6) is 0 Å². The topological polar surface area (TPSA) is 23.8 Å². The van der Waals surface area contributed by atoms with Gasteiger partial charge in [0.2, 0.25) is 0 Å². The Hall–Kier alpha value is -1.55. The zero-order valence-electron chi connectivity index (χ0n) is 5.75. The molecule has 1 nitrogen and oxygen atoms in total. The molecule has 0 amide bonds. The van der Waals surface area contributed by atoms with Crippen molar-refractivity contribution in [3.8, 4) is 6.07 Å². The van der Waals surface area contributed by atoms with Gasteiger partial charge in [-0.05, 0) is 5.57 Å². The third-order valence-electron chi connectivity index (χ3n) is 0.854. The first-order chi connectivity index (χ1) is 4.81. The van der Waals surface area contributed by atoms with Crippen molar-refractivity contribution in [3.05, 3.63) is 49.1 Å². The molecule has 0 unspecified atom stereocenters. The van der Waals surface area contributed by atoms with Crippen LogP contribution in [0.4, 0.5) is 0 Å². The molecule has 0 aliphatic rings. The Bertz CT molecular complexity index is 213. The van der Waals surface area contributed by atoms with E-state index in [9.17, 15) is 0 Å². The molecule has 0 atom stereocenters. The van der Waals surface area contributed by atoms with Gasteiger partial charge < -0.3 is 0 Å². The number of nitriles is 1. The van der Waals surface area contributed by atoms with Crippen molar-refractivity contribution in [2.75, 3.05) is 0 Å². The molecule has 0 rings (SSSR count). The lowest BCUT2D eigenvalue weighted by Gasteiger charge is -1.81. The van der Waals surface area contributed by atoms with Gasteiger partial charge in [0.15, 0.2) is 0 Å². The minimum absolute atomic E-state index is 0.836. The third-order valence-corrected chi connectivity index (χ3v) is 0.854. The van der Waals surface area contributed by atoms with Gasteiger partial charge in [-0.1, -0.05) is 37.5 Å². The number of nitrogens with zero attached hydrogens (tertiary/aromatic N) is 1. The highest BCUT2D eigenvalue weighted by atomic mass is 14.2. The van der Waals surface area contributed by atoms with Crippen molar-refractivity contribution < 1.29 is 0 Å². The van der Waals surface area contributed by atoms with Crippen LogP contribution in [-0.4, -0.2) is 0 Å². The summed E-state index contributed by atoms with van der Waals surface area (Å²) < 4.78 is 0. The standard InChI is InChI=1S/C9H9N/c1-3-9(2)7-5-4-6-8-10/h3-7H,1-2H2. The second-order valence-corrected chi connectivity index (χ2v) is 1.63. The van der Waals surface area contributed by atoms with Crippen LogP contribution in [0.3, 0.4) is 0 Å².